The van der Waals surface area contributed by atoms with Crippen molar-refractivity contribution in [3.63, 3.8) is 0 Å². The molecule has 1 aromatic heterocycles. The minimum absolute atomic E-state index is 0.163. The summed E-state index contributed by atoms with van der Waals surface area (Å²) in [7, 11) is 0. The standard InChI is InChI=1S/C17H15Cl2FN2/c18-10-1-3-15-12(7-10)13-8-11(19)2-4-16(13)22(15)17-5-6-21-9-14(17)20/h1-4,7-8,14,17,21H,5-6,9H2/t14-,17-/m0/s1. The highest BCUT2D eigenvalue weighted by atomic mass is 35.5. The Kier molecular flexibility index (Phi) is 3.52. The summed E-state index contributed by atoms with van der Waals surface area (Å²) in [5, 5.41) is 6.51. The maximum atomic E-state index is 14.5. The molecule has 0 aliphatic carbocycles. The van der Waals surface area contributed by atoms with Crippen molar-refractivity contribution < 1.29 is 4.39 Å². The summed E-state index contributed by atoms with van der Waals surface area (Å²) >= 11 is 12.3. The van der Waals surface area contributed by atoms with E-state index in [4.69, 9.17) is 23.2 Å². The van der Waals surface area contributed by atoms with Crippen LogP contribution in [-0.2, 0) is 0 Å². The molecule has 0 saturated carbocycles. The molecule has 0 amide bonds. The summed E-state index contributed by atoms with van der Waals surface area (Å²) < 4.78 is 16.6. The molecule has 5 heteroatoms. The molecule has 22 heavy (non-hydrogen) atoms. The molecule has 1 saturated heterocycles. The first-order valence-corrected chi connectivity index (χ1v) is 8.14. The fourth-order valence-electron chi connectivity index (χ4n) is 3.45. The fraction of sp³-hybridized carbons (Fsp3) is 0.294. The van der Waals surface area contributed by atoms with Crippen LogP contribution in [0.15, 0.2) is 36.4 Å². The molecule has 0 unspecified atom stereocenters. The second-order valence-corrected chi connectivity index (χ2v) is 6.64. The second kappa shape index (κ2) is 5.41. The van der Waals surface area contributed by atoms with Crippen LogP contribution in [0, 0.1) is 0 Å². The number of hydrogen-bond acceptors (Lipinski definition) is 1. The molecule has 4 rings (SSSR count). The normalized spacial score (nSPS) is 22.5. The molecule has 1 N–H and O–H groups in total. The van der Waals surface area contributed by atoms with E-state index >= 15 is 0 Å². The average Bonchev–Trinajstić information content (AvgIpc) is 2.81. The zero-order chi connectivity index (χ0) is 15.3. The van der Waals surface area contributed by atoms with Gasteiger partial charge in [0.15, 0.2) is 0 Å². The molecular weight excluding hydrogens is 322 g/mol. The van der Waals surface area contributed by atoms with Crippen LogP contribution < -0.4 is 5.32 Å². The van der Waals surface area contributed by atoms with Crippen molar-refractivity contribution in [1.29, 1.82) is 0 Å². The van der Waals surface area contributed by atoms with Crippen molar-refractivity contribution >= 4 is 45.0 Å². The molecule has 1 aliphatic heterocycles. The summed E-state index contributed by atoms with van der Waals surface area (Å²) in [6.07, 6.45) is -0.135. The summed E-state index contributed by atoms with van der Waals surface area (Å²) in [6, 6.07) is 11.4. The lowest BCUT2D eigenvalue weighted by atomic mass is 10.0. The van der Waals surface area contributed by atoms with Gasteiger partial charge in [-0.1, -0.05) is 23.2 Å². The van der Waals surface area contributed by atoms with Crippen molar-refractivity contribution in [2.24, 2.45) is 0 Å². The minimum Gasteiger partial charge on any atom is -0.334 e. The molecule has 0 bridgehead atoms. The van der Waals surface area contributed by atoms with Gasteiger partial charge in [-0.2, -0.15) is 0 Å². The maximum absolute atomic E-state index is 14.5. The van der Waals surface area contributed by atoms with E-state index < -0.39 is 6.17 Å². The molecule has 0 radical (unpaired) electrons. The van der Waals surface area contributed by atoms with E-state index in [1.807, 2.05) is 36.4 Å². The third kappa shape index (κ3) is 2.19. The van der Waals surface area contributed by atoms with E-state index in [-0.39, 0.29) is 6.04 Å². The number of nitrogens with zero attached hydrogens (tertiary/aromatic N) is 1. The number of fused-ring (bicyclic) bond motifs is 3. The van der Waals surface area contributed by atoms with Gasteiger partial charge in [0.2, 0.25) is 0 Å². The smallest absolute Gasteiger partial charge is 0.133 e. The van der Waals surface area contributed by atoms with Crippen LogP contribution in [0.1, 0.15) is 12.5 Å². The number of rotatable bonds is 1. The molecule has 1 fully saturated rings. The van der Waals surface area contributed by atoms with Crippen molar-refractivity contribution in [2.75, 3.05) is 13.1 Å². The highest BCUT2D eigenvalue weighted by molar-refractivity contribution is 6.33. The Balaban J connectivity index is 2.06. The zero-order valence-electron chi connectivity index (χ0n) is 11.8. The third-order valence-corrected chi connectivity index (χ3v) is 4.90. The van der Waals surface area contributed by atoms with E-state index in [0.717, 1.165) is 34.8 Å². The molecule has 2 atom stereocenters. The monoisotopic (exact) mass is 336 g/mol. The van der Waals surface area contributed by atoms with Gasteiger partial charge < -0.3 is 9.88 Å². The van der Waals surface area contributed by atoms with Crippen molar-refractivity contribution in [3.05, 3.63) is 46.4 Å². The molecule has 0 spiro atoms. The van der Waals surface area contributed by atoms with Crippen LogP contribution in [0.3, 0.4) is 0 Å². The van der Waals surface area contributed by atoms with Gasteiger partial charge in [0.25, 0.3) is 0 Å². The van der Waals surface area contributed by atoms with E-state index in [2.05, 4.69) is 9.88 Å². The van der Waals surface area contributed by atoms with Gasteiger partial charge in [-0.05, 0) is 49.4 Å². The molecule has 114 valence electrons. The summed E-state index contributed by atoms with van der Waals surface area (Å²) in [4.78, 5) is 0. The Morgan fingerprint density at radius 1 is 1.00 bits per heavy atom. The predicted molar refractivity (Wildman–Crippen MR) is 90.9 cm³/mol. The molecule has 2 aromatic carbocycles. The molecule has 1 aliphatic rings. The number of halogens is 3. The second-order valence-electron chi connectivity index (χ2n) is 5.77. The first-order chi connectivity index (χ1) is 10.6. The van der Waals surface area contributed by atoms with Crippen LogP contribution >= 0.6 is 23.2 Å². The summed E-state index contributed by atoms with van der Waals surface area (Å²) in [5.41, 5.74) is 2.02. The number of nitrogens with one attached hydrogen (secondary N) is 1. The predicted octanol–water partition coefficient (Wildman–Crippen LogP) is 4.97. The van der Waals surface area contributed by atoms with Gasteiger partial charge in [0.05, 0.1) is 6.04 Å². The van der Waals surface area contributed by atoms with Crippen LogP contribution in [0.2, 0.25) is 10.0 Å². The first kappa shape index (κ1) is 14.3. The van der Waals surface area contributed by atoms with Crippen LogP contribution in [0.4, 0.5) is 4.39 Å². The maximum Gasteiger partial charge on any atom is 0.133 e. The molecular formula is C17H15Cl2FN2. The Bertz CT molecular complexity index is 799. The topological polar surface area (TPSA) is 17.0 Å². The summed E-state index contributed by atoms with van der Waals surface area (Å²) in [6.45, 7) is 1.22. The van der Waals surface area contributed by atoms with E-state index in [1.54, 1.807) is 0 Å². The van der Waals surface area contributed by atoms with E-state index in [9.17, 15) is 4.39 Å². The minimum atomic E-state index is -0.904. The third-order valence-electron chi connectivity index (χ3n) is 4.43. The Morgan fingerprint density at radius 3 is 2.14 bits per heavy atom. The lowest BCUT2D eigenvalue weighted by Crippen LogP contribution is -2.39. The van der Waals surface area contributed by atoms with Crippen molar-refractivity contribution in [3.8, 4) is 0 Å². The Hall–Kier alpha value is -1.29. The first-order valence-electron chi connectivity index (χ1n) is 7.38. The number of benzene rings is 2. The Morgan fingerprint density at radius 2 is 1.59 bits per heavy atom. The molecule has 3 aromatic rings. The van der Waals surface area contributed by atoms with Gasteiger partial charge >= 0.3 is 0 Å². The zero-order valence-corrected chi connectivity index (χ0v) is 13.3. The highest BCUT2D eigenvalue weighted by Crippen LogP contribution is 2.37. The number of aromatic nitrogens is 1. The number of alkyl halides is 1. The van der Waals surface area contributed by atoms with Gasteiger partial charge in [0.1, 0.15) is 6.17 Å². The largest absolute Gasteiger partial charge is 0.334 e. The molecule has 2 heterocycles. The lowest BCUT2D eigenvalue weighted by Gasteiger charge is -2.29. The SMILES string of the molecule is F[C@H]1CNCC[C@@H]1n1c2ccc(Cl)cc2c2cc(Cl)ccc21. The van der Waals surface area contributed by atoms with Crippen LogP contribution in [-0.4, -0.2) is 23.8 Å². The summed E-state index contributed by atoms with van der Waals surface area (Å²) in [5.74, 6) is 0. The fourth-order valence-corrected chi connectivity index (χ4v) is 3.80. The van der Waals surface area contributed by atoms with Gasteiger partial charge in [0, 0.05) is 38.4 Å². The van der Waals surface area contributed by atoms with Crippen molar-refractivity contribution in [2.45, 2.75) is 18.6 Å². The van der Waals surface area contributed by atoms with Gasteiger partial charge in [-0.25, -0.2) is 4.39 Å². The lowest BCUT2D eigenvalue weighted by molar-refractivity contribution is 0.190. The van der Waals surface area contributed by atoms with Gasteiger partial charge in [-0.15, -0.1) is 0 Å². The van der Waals surface area contributed by atoms with Crippen molar-refractivity contribution in [1.82, 2.24) is 9.88 Å². The number of hydrogen-bond donors (Lipinski definition) is 1. The van der Waals surface area contributed by atoms with E-state index in [1.165, 1.54) is 0 Å². The van der Waals surface area contributed by atoms with Crippen LogP contribution in [0.5, 0.6) is 0 Å². The quantitative estimate of drug-likeness (QED) is 0.663. The number of piperidine rings is 1. The average molecular weight is 337 g/mol. The molecule has 2 nitrogen and oxygen atoms in total. The van der Waals surface area contributed by atoms with Gasteiger partial charge in [-0.3, -0.25) is 0 Å². The highest BCUT2D eigenvalue weighted by Gasteiger charge is 2.28. The van der Waals surface area contributed by atoms with Crippen LogP contribution in [0.25, 0.3) is 21.8 Å². The van der Waals surface area contributed by atoms with E-state index in [0.29, 0.717) is 16.6 Å². The Labute approximate surface area is 137 Å².